The van der Waals surface area contributed by atoms with Crippen molar-refractivity contribution in [3.05, 3.63) is 0 Å². The zero-order valence-electron chi connectivity index (χ0n) is 12.2. The average Bonchev–Trinajstić information content (AvgIpc) is 2.36. The maximum Gasteiger partial charge on any atom is 0.316 e. The molecule has 0 N–H and O–H groups in total. The monoisotopic (exact) mass is 256 g/mol. The minimum Gasteiger partial charge on any atom is -0.465 e. The first-order chi connectivity index (χ1) is 8.63. The predicted octanol–water partition coefficient (Wildman–Crippen LogP) is 3.90. The van der Waals surface area contributed by atoms with Gasteiger partial charge in [-0.1, -0.05) is 45.4 Å². The largest absolute Gasteiger partial charge is 0.465 e. The Labute approximate surface area is 111 Å². The summed E-state index contributed by atoms with van der Waals surface area (Å²) in [4.78, 5) is 23.0. The van der Waals surface area contributed by atoms with Crippen LogP contribution in [0.3, 0.4) is 0 Å². The normalized spacial score (nSPS) is 12.2. The molecule has 1 unspecified atom stereocenters. The molecule has 0 amide bonds. The van der Waals surface area contributed by atoms with Crippen molar-refractivity contribution in [3.8, 4) is 0 Å². The zero-order chi connectivity index (χ0) is 13.8. The lowest BCUT2D eigenvalue weighted by Gasteiger charge is -2.09. The van der Waals surface area contributed by atoms with E-state index in [9.17, 15) is 9.59 Å². The number of carbonyl (C=O) groups excluding carboxylic acids is 2. The van der Waals surface area contributed by atoms with Gasteiger partial charge in [-0.3, -0.25) is 9.59 Å². The van der Waals surface area contributed by atoms with Crippen molar-refractivity contribution in [1.29, 1.82) is 0 Å². The van der Waals surface area contributed by atoms with Crippen LogP contribution in [-0.4, -0.2) is 18.4 Å². The Hall–Kier alpha value is -0.860. The van der Waals surface area contributed by atoms with Crippen LogP contribution in [0.4, 0.5) is 0 Å². The number of Topliss-reactive ketones (excluding diaryl/α,β-unsaturated/α-hetero) is 1. The molecule has 0 spiro atoms. The fourth-order valence-corrected chi connectivity index (χ4v) is 1.87. The number of ketones is 1. The number of hydrogen-bond donors (Lipinski definition) is 0. The molecule has 0 saturated carbocycles. The van der Waals surface area contributed by atoms with Crippen LogP contribution in [0, 0.1) is 5.92 Å². The van der Waals surface area contributed by atoms with Crippen LogP contribution < -0.4 is 0 Å². The second-order valence-corrected chi connectivity index (χ2v) is 4.81. The van der Waals surface area contributed by atoms with Crippen LogP contribution >= 0.6 is 0 Å². The zero-order valence-corrected chi connectivity index (χ0v) is 12.2. The highest BCUT2D eigenvalue weighted by molar-refractivity contribution is 5.98. The summed E-state index contributed by atoms with van der Waals surface area (Å²) in [5, 5.41) is 0. The molecule has 0 rings (SSSR count). The number of carbonyl (C=O) groups is 2. The molecule has 0 aromatic rings. The smallest absolute Gasteiger partial charge is 0.316 e. The molecule has 0 aliphatic carbocycles. The molecule has 0 aliphatic rings. The fraction of sp³-hybridized carbons (Fsp3) is 0.867. The lowest BCUT2D eigenvalue weighted by atomic mass is 10.00. The molecule has 3 heteroatoms. The molecular weight excluding hydrogens is 228 g/mol. The highest BCUT2D eigenvalue weighted by atomic mass is 16.5. The average molecular weight is 256 g/mol. The molecule has 0 aliphatic heterocycles. The summed E-state index contributed by atoms with van der Waals surface area (Å²) < 4.78 is 4.84. The SMILES string of the molecule is CCCCCCCCCC(=O)C(C)C(=O)OCC. The summed E-state index contributed by atoms with van der Waals surface area (Å²) in [6.45, 7) is 5.94. The molecule has 0 heterocycles. The number of hydrogen-bond acceptors (Lipinski definition) is 3. The van der Waals surface area contributed by atoms with E-state index in [-0.39, 0.29) is 11.8 Å². The molecule has 1 atom stereocenters. The van der Waals surface area contributed by atoms with Gasteiger partial charge in [0.15, 0.2) is 0 Å². The molecular formula is C15H28O3. The Morgan fingerprint density at radius 2 is 1.50 bits per heavy atom. The molecule has 106 valence electrons. The molecule has 0 aromatic carbocycles. The van der Waals surface area contributed by atoms with Crippen LogP contribution in [-0.2, 0) is 14.3 Å². The number of ether oxygens (including phenoxy) is 1. The Morgan fingerprint density at radius 3 is 2.06 bits per heavy atom. The second kappa shape index (κ2) is 11.2. The highest BCUT2D eigenvalue weighted by Gasteiger charge is 2.21. The van der Waals surface area contributed by atoms with Crippen LogP contribution in [0.5, 0.6) is 0 Å². The van der Waals surface area contributed by atoms with Crippen molar-refractivity contribution in [2.24, 2.45) is 5.92 Å². The van der Waals surface area contributed by atoms with Crippen LogP contribution in [0.25, 0.3) is 0 Å². The van der Waals surface area contributed by atoms with E-state index in [1.807, 2.05) is 0 Å². The van der Waals surface area contributed by atoms with E-state index in [4.69, 9.17) is 4.74 Å². The summed E-state index contributed by atoms with van der Waals surface area (Å²) in [6, 6.07) is 0. The van der Waals surface area contributed by atoms with Crippen LogP contribution in [0.15, 0.2) is 0 Å². The van der Waals surface area contributed by atoms with E-state index in [2.05, 4.69) is 6.92 Å². The highest BCUT2D eigenvalue weighted by Crippen LogP contribution is 2.11. The van der Waals surface area contributed by atoms with Crippen molar-refractivity contribution in [3.63, 3.8) is 0 Å². The Bertz CT molecular complexity index is 236. The van der Waals surface area contributed by atoms with Crippen LogP contribution in [0.2, 0.25) is 0 Å². The maximum atomic E-state index is 11.7. The van der Waals surface area contributed by atoms with Crippen molar-refractivity contribution in [2.75, 3.05) is 6.61 Å². The Kier molecular flexibility index (Phi) is 10.7. The van der Waals surface area contributed by atoms with E-state index < -0.39 is 5.92 Å². The molecule has 18 heavy (non-hydrogen) atoms. The third kappa shape index (κ3) is 8.26. The molecule has 0 bridgehead atoms. The van der Waals surface area contributed by atoms with E-state index in [0.717, 1.165) is 12.8 Å². The summed E-state index contributed by atoms with van der Waals surface area (Å²) in [5.41, 5.74) is 0. The van der Waals surface area contributed by atoms with Gasteiger partial charge in [-0.15, -0.1) is 0 Å². The predicted molar refractivity (Wildman–Crippen MR) is 73.4 cm³/mol. The van der Waals surface area contributed by atoms with Crippen LogP contribution in [0.1, 0.15) is 72.1 Å². The molecule has 3 nitrogen and oxygen atoms in total. The summed E-state index contributed by atoms with van der Waals surface area (Å²) in [5.74, 6) is -0.961. The fourth-order valence-electron chi connectivity index (χ4n) is 1.87. The van der Waals surface area contributed by atoms with Gasteiger partial charge in [-0.2, -0.15) is 0 Å². The quantitative estimate of drug-likeness (QED) is 0.320. The first-order valence-electron chi connectivity index (χ1n) is 7.32. The minimum atomic E-state index is -0.593. The first kappa shape index (κ1) is 17.1. The van der Waals surface area contributed by atoms with Gasteiger partial charge in [0.2, 0.25) is 0 Å². The number of esters is 1. The summed E-state index contributed by atoms with van der Waals surface area (Å²) >= 11 is 0. The van der Waals surface area contributed by atoms with E-state index in [1.54, 1.807) is 13.8 Å². The Balaban J connectivity index is 3.55. The van der Waals surface area contributed by atoms with Crippen molar-refractivity contribution < 1.29 is 14.3 Å². The molecule has 0 fully saturated rings. The molecule has 0 saturated heterocycles. The lowest BCUT2D eigenvalue weighted by molar-refractivity contribution is -0.150. The Morgan fingerprint density at radius 1 is 0.944 bits per heavy atom. The lowest BCUT2D eigenvalue weighted by Crippen LogP contribution is -2.23. The summed E-state index contributed by atoms with van der Waals surface area (Å²) in [7, 11) is 0. The first-order valence-corrected chi connectivity index (χ1v) is 7.32. The van der Waals surface area contributed by atoms with Gasteiger partial charge in [0.05, 0.1) is 6.61 Å². The maximum absolute atomic E-state index is 11.7. The minimum absolute atomic E-state index is 0.0157. The molecule has 0 radical (unpaired) electrons. The standard InChI is InChI=1S/C15H28O3/c1-4-6-7-8-9-10-11-12-14(16)13(3)15(17)18-5-2/h13H,4-12H2,1-3H3. The topological polar surface area (TPSA) is 43.4 Å². The number of rotatable bonds is 11. The van der Waals surface area contributed by atoms with Gasteiger partial charge in [-0.05, 0) is 20.3 Å². The van der Waals surface area contributed by atoms with Crippen molar-refractivity contribution >= 4 is 11.8 Å². The van der Waals surface area contributed by atoms with Crippen molar-refractivity contribution in [1.82, 2.24) is 0 Å². The van der Waals surface area contributed by atoms with E-state index in [0.29, 0.717) is 13.0 Å². The third-order valence-corrected chi connectivity index (χ3v) is 3.15. The van der Waals surface area contributed by atoms with Gasteiger partial charge >= 0.3 is 5.97 Å². The molecule has 0 aromatic heterocycles. The van der Waals surface area contributed by atoms with Gasteiger partial charge in [-0.25, -0.2) is 0 Å². The number of unbranched alkanes of at least 4 members (excludes halogenated alkanes) is 6. The summed E-state index contributed by atoms with van der Waals surface area (Å²) in [6.07, 6.45) is 8.81. The third-order valence-electron chi connectivity index (χ3n) is 3.15. The van der Waals surface area contributed by atoms with Crippen molar-refractivity contribution in [2.45, 2.75) is 72.1 Å². The van der Waals surface area contributed by atoms with Gasteiger partial charge in [0.1, 0.15) is 11.7 Å². The second-order valence-electron chi connectivity index (χ2n) is 4.81. The van der Waals surface area contributed by atoms with E-state index >= 15 is 0 Å². The van der Waals surface area contributed by atoms with Gasteiger partial charge in [0, 0.05) is 6.42 Å². The van der Waals surface area contributed by atoms with E-state index in [1.165, 1.54) is 32.1 Å². The van der Waals surface area contributed by atoms with Gasteiger partial charge in [0.25, 0.3) is 0 Å². The van der Waals surface area contributed by atoms with Gasteiger partial charge < -0.3 is 4.74 Å².